The van der Waals surface area contributed by atoms with Gasteiger partial charge in [-0.15, -0.1) is 0 Å². The highest BCUT2D eigenvalue weighted by Crippen LogP contribution is 2.32. The molecule has 18 heavy (non-hydrogen) atoms. The average Bonchev–Trinajstić information content (AvgIpc) is 2.28. The molecule has 0 N–H and O–H groups in total. The second kappa shape index (κ2) is 4.36. The van der Waals surface area contributed by atoms with Gasteiger partial charge in [0.25, 0.3) is 0 Å². The standard InChI is InChI=1S/C12H6F5N/c13-9-1-2-10(11(14)4-9)7-3-8(6-18-5-7)12(15,16)17/h1-6H. The number of halogens is 5. The van der Waals surface area contributed by atoms with Crippen LogP contribution in [0.25, 0.3) is 11.1 Å². The molecule has 1 aromatic heterocycles. The summed E-state index contributed by atoms with van der Waals surface area (Å²) in [6.07, 6.45) is -2.82. The van der Waals surface area contributed by atoms with Crippen molar-refractivity contribution in [2.75, 3.05) is 0 Å². The number of nitrogens with zero attached hydrogens (tertiary/aromatic N) is 1. The molecule has 0 unspecified atom stereocenters. The smallest absolute Gasteiger partial charge is 0.263 e. The molecule has 0 bridgehead atoms. The predicted octanol–water partition coefficient (Wildman–Crippen LogP) is 4.05. The van der Waals surface area contributed by atoms with Crippen molar-refractivity contribution in [2.45, 2.75) is 6.18 Å². The molecule has 2 rings (SSSR count). The maximum atomic E-state index is 13.4. The van der Waals surface area contributed by atoms with Crippen molar-refractivity contribution in [1.29, 1.82) is 0 Å². The Morgan fingerprint density at radius 3 is 2.28 bits per heavy atom. The van der Waals surface area contributed by atoms with E-state index in [1.54, 1.807) is 0 Å². The molecule has 0 aliphatic heterocycles. The number of rotatable bonds is 1. The van der Waals surface area contributed by atoms with Crippen molar-refractivity contribution in [3.63, 3.8) is 0 Å². The molecule has 0 spiro atoms. The van der Waals surface area contributed by atoms with Crippen LogP contribution in [0.4, 0.5) is 22.0 Å². The zero-order valence-corrected chi connectivity index (χ0v) is 8.80. The minimum atomic E-state index is -4.56. The summed E-state index contributed by atoms with van der Waals surface area (Å²) >= 11 is 0. The third kappa shape index (κ3) is 2.47. The Hall–Kier alpha value is -1.98. The van der Waals surface area contributed by atoms with Gasteiger partial charge in [0.1, 0.15) is 11.6 Å². The number of aromatic nitrogens is 1. The molecule has 0 amide bonds. The van der Waals surface area contributed by atoms with E-state index in [4.69, 9.17) is 0 Å². The Bertz CT molecular complexity index is 577. The van der Waals surface area contributed by atoms with Crippen molar-refractivity contribution in [1.82, 2.24) is 4.98 Å². The van der Waals surface area contributed by atoms with Crippen LogP contribution in [0.1, 0.15) is 5.56 Å². The summed E-state index contributed by atoms with van der Waals surface area (Å²) in [7, 11) is 0. The van der Waals surface area contributed by atoms with Crippen LogP contribution in [0.2, 0.25) is 0 Å². The van der Waals surface area contributed by atoms with Crippen molar-refractivity contribution < 1.29 is 22.0 Å². The van der Waals surface area contributed by atoms with Gasteiger partial charge in [-0.25, -0.2) is 8.78 Å². The van der Waals surface area contributed by atoms with Crippen LogP contribution in [-0.4, -0.2) is 4.98 Å². The Kier molecular flexibility index (Phi) is 3.02. The molecule has 0 saturated carbocycles. The maximum Gasteiger partial charge on any atom is 0.417 e. The lowest BCUT2D eigenvalue weighted by Gasteiger charge is -2.08. The first-order chi connectivity index (χ1) is 8.38. The molecule has 2 aromatic rings. The fraction of sp³-hybridized carbons (Fsp3) is 0.0833. The lowest BCUT2D eigenvalue weighted by molar-refractivity contribution is -0.137. The highest BCUT2D eigenvalue weighted by Gasteiger charge is 2.31. The van der Waals surface area contributed by atoms with Crippen molar-refractivity contribution in [3.8, 4) is 11.1 Å². The minimum Gasteiger partial charge on any atom is -0.263 e. The fourth-order valence-electron chi connectivity index (χ4n) is 1.47. The first kappa shape index (κ1) is 12.5. The Balaban J connectivity index is 2.51. The molecule has 6 heteroatoms. The second-order valence-electron chi connectivity index (χ2n) is 3.58. The summed E-state index contributed by atoms with van der Waals surface area (Å²) in [4.78, 5) is 3.41. The first-order valence-electron chi connectivity index (χ1n) is 4.85. The van der Waals surface area contributed by atoms with E-state index in [1.807, 2.05) is 0 Å². The van der Waals surface area contributed by atoms with E-state index in [0.29, 0.717) is 12.3 Å². The molecule has 1 heterocycles. The van der Waals surface area contributed by atoms with Crippen LogP contribution in [0.5, 0.6) is 0 Å². The molecule has 1 nitrogen and oxygen atoms in total. The van der Waals surface area contributed by atoms with E-state index < -0.39 is 23.4 Å². The van der Waals surface area contributed by atoms with Gasteiger partial charge in [-0.2, -0.15) is 13.2 Å². The van der Waals surface area contributed by atoms with Gasteiger partial charge in [0.05, 0.1) is 5.56 Å². The minimum absolute atomic E-state index is 0.0534. The lowest BCUT2D eigenvalue weighted by Crippen LogP contribution is -2.05. The van der Waals surface area contributed by atoms with E-state index >= 15 is 0 Å². The Morgan fingerprint density at radius 2 is 1.67 bits per heavy atom. The van der Waals surface area contributed by atoms with Gasteiger partial charge in [0.2, 0.25) is 0 Å². The van der Waals surface area contributed by atoms with Crippen molar-refractivity contribution in [3.05, 3.63) is 53.9 Å². The Labute approximate surface area is 98.9 Å². The largest absolute Gasteiger partial charge is 0.417 e. The number of pyridine rings is 1. The number of hydrogen-bond acceptors (Lipinski definition) is 1. The fourth-order valence-corrected chi connectivity index (χ4v) is 1.47. The monoisotopic (exact) mass is 259 g/mol. The van der Waals surface area contributed by atoms with Crippen LogP contribution in [0, 0.1) is 11.6 Å². The zero-order chi connectivity index (χ0) is 13.3. The number of hydrogen-bond donors (Lipinski definition) is 0. The summed E-state index contributed by atoms with van der Waals surface area (Å²) in [5.41, 5.74) is -1.17. The van der Waals surface area contributed by atoms with Crippen LogP contribution in [-0.2, 0) is 6.18 Å². The van der Waals surface area contributed by atoms with E-state index in [9.17, 15) is 22.0 Å². The van der Waals surface area contributed by atoms with E-state index in [0.717, 1.165) is 24.4 Å². The number of alkyl halides is 3. The molecule has 0 aliphatic carbocycles. The molecule has 0 fully saturated rings. The van der Waals surface area contributed by atoms with E-state index in [2.05, 4.69) is 4.98 Å². The number of benzene rings is 1. The third-order valence-corrected chi connectivity index (χ3v) is 2.31. The molecule has 94 valence electrons. The average molecular weight is 259 g/mol. The summed E-state index contributed by atoms with van der Waals surface area (Å²) in [6.45, 7) is 0. The summed E-state index contributed by atoms with van der Waals surface area (Å²) < 4.78 is 63.5. The van der Waals surface area contributed by atoms with Gasteiger partial charge in [-0.05, 0) is 18.2 Å². The summed E-state index contributed by atoms with van der Waals surface area (Å²) in [6, 6.07) is 3.42. The molecule has 0 atom stereocenters. The molecular formula is C12H6F5N. The van der Waals surface area contributed by atoms with Gasteiger partial charge < -0.3 is 0 Å². The van der Waals surface area contributed by atoms with Crippen molar-refractivity contribution in [2.24, 2.45) is 0 Å². The first-order valence-corrected chi connectivity index (χ1v) is 4.85. The summed E-state index contributed by atoms with van der Waals surface area (Å²) in [5.74, 6) is -1.73. The lowest BCUT2D eigenvalue weighted by atomic mass is 10.1. The Morgan fingerprint density at radius 1 is 0.944 bits per heavy atom. The topological polar surface area (TPSA) is 12.9 Å². The van der Waals surface area contributed by atoms with Crippen LogP contribution in [0.3, 0.4) is 0 Å². The van der Waals surface area contributed by atoms with E-state index in [1.165, 1.54) is 0 Å². The highest BCUT2D eigenvalue weighted by atomic mass is 19.4. The normalized spacial score (nSPS) is 11.6. The van der Waals surface area contributed by atoms with Gasteiger partial charge >= 0.3 is 6.18 Å². The van der Waals surface area contributed by atoms with E-state index in [-0.39, 0.29) is 11.1 Å². The third-order valence-electron chi connectivity index (χ3n) is 2.31. The van der Waals surface area contributed by atoms with Gasteiger partial charge in [-0.1, -0.05) is 0 Å². The molecular weight excluding hydrogens is 253 g/mol. The van der Waals surface area contributed by atoms with Gasteiger partial charge in [-0.3, -0.25) is 4.98 Å². The van der Waals surface area contributed by atoms with Crippen LogP contribution < -0.4 is 0 Å². The van der Waals surface area contributed by atoms with Crippen LogP contribution in [0.15, 0.2) is 36.7 Å². The second-order valence-corrected chi connectivity index (χ2v) is 3.58. The van der Waals surface area contributed by atoms with Gasteiger partial charge in [0, 0.05) is 29.6 Å². The molecule has 0 aliphatic rings. The maximum absolute atomic E-state index is 13.4. The summed E-state index contributed by atoms with van der Waals surface area (Å²) in [5, 5.41) is 0. The zero-order valence-electron chi connectivity index (χ0n) is 8.80. The molecule has 0 saturated heterocycles. The van der Waals surface area contributed by atoms with Crippen molar-refractivity contribution >= 4 is 0 Å². The molecule has 1 aromatic carbocycles. The molecule has 0 radical (unpaired) electrons. The SMILES string of the molecule is Fc1ccc(-c2cncc(C(F)(F)F)c2)c(F)c1. The van der Waals surface area contributed by atoms with Crippen LogP contribution >= 0.6 is 0 Å². The van der Waals surface area contributed by atoms with Gasteiger partial charge in [0.15, 0.2) is 0 Å². The quantitative estimate of drug-likeness (QED) is 0.704. The highest BCUT2D eigenvalue weighted by molar-refractivity contribution is 5.63. The predicted molar refractivity (Wildman–Crippen MR) is 54.6 cm³/mol.